The molecule has 0 heterocycles. The van der Waals surface area contributed by atoms with Gasteiger partial charge in [0, 0.05) is 11.8 Å². The summed E-state index contributed by atoms with van der Waals surface area (Å²) in [4.78, 5) is 14.6. The van der Waals surface area contributed by atoms with Gasteiger partial charge in [0.2, 0.25) is 0 Å². The number of carbonyl (C=O) groups excluding carboxylic acids is 1. The first-order chi connectivity index (χ1) is 40.3. The molecule has 0 N–H and O–H groups in total. The molecule has 0 bridgehead atoms. The van der Waals surface area contributed by atoms with Gasteiger partial charge in [-0.15, -0.1) is 0 Å². The van der Waals surface area contributed by atoms with Crippen molar-refractivity contribution in [2.45, 2.75) is 70.1 Å². The van der Waals surface area contributed by atoms with E-state index in [2.05, 4.69) is 37.3 Å². The summed E-state index contributed by atoms with van der Waals surface area (Å²) < 4.78 is 6.42. The van der Waals surface area contributed by atoms with E-state index < -0.39 is 0 Å². The molecule has 56 unspecified atom stereocenters. The number of benzene rings is 1. The van der Waals surface area contributed by atoms with E-state index in [1.165, 1.54) is 317 Å². The van der Waals surface area contributed by atoms with Gasteiger partial charge in [0.25, 0.3) is 0 Å². The molecule has 0 aliphatic heterocycles. The van der Waals surface area contributed by atoms with Gasteiger partial charge in [-0.2, -0.15) is 0 Å². The van der Waals surface area contributed by atoms with Crippen LogP contribution in [0.25, 0.3) is 0 Å². The highest BCUT2D eigenvalue weighted by molar-refractivity contribution is 5.70. The second kappa shape index (κ2) is 10.5. The molecular weight excluding hydrogens is 981 g/mol. The molecular formula is C79H86O2. The first-order valence-corrected chi connectivity index (χ1v) is 38.5. The van der Waals surface area contributed by atoms with E-state index in [0.29, 0.717) is 22.9 Å². The third-order valence-electron chi connectivity index (χ3n) is 45.6. The van der Waals surface area contributed by atoms with Crippen LogP contribution < -0.4 is 0 Å². The van der Waals surface area contributed by atoms with Crippen LogP contribution in [0.5, 0.6) is 0 Å². The molecule has 2 nitrogen and oxygen atoms in total. The van der Waals surface area contributed by atoms with Crippen molar-refractivity contribution in [2.75, 3.05) is 6.61 Å². The van der Waals surface area contributed by atoms with Crippen molar-refractivity contribution >= 4 is 5.97 Å². The van der Waals surface area contributed by atoms with Crippen molar-refractivity contribution in [2.24, 2.45) is 354 Å². The zero-order valence-corrected chi connectivity index (χ0v) is 47.8. The van der Waals surface area contributed by atoms with E-state index in [1.54, 1.807) is 0 Å². The van der Waals surface area contributed by atoms with E-state index in [4.69, 9.17) is 4.74 Å². The lowest BCUT2D eigenvalue weighted by Gasteiger charge is -2.67. The maximum absolute atomic E-state index is 14.6. The molecule has 414 valence electrons. The highest BCUT2D eigenvalue weighted by atomic mass is 16.5. The van der Waals surface area contributed by atoms with Gasteiger partial charge in [-0.05, 0) is 379 Å². The summed E-state index contributed by atoms with van der Waals surface area (Å²) in [5.74, 6) is 70.0. The molecule has 2 spiro atoms. The molecule has 33 aliphatic rings. The van der Waals surface area contributed by atoms with Crippen molar-refractivity contribution in [3.05, 3.63) is 35.9 Å². The van der Waals surface area contributed by atoms with E-state index in [0.717, 1.165) is 84.4 Å². The van der Waals surface area contributed by atoms with Crippen LogP contribution in [-0.2, 0) is 14.9 Å². The summed E-state index contributed by atoms with van der Waals surface area (Å²) in [6, 6.07) is 13.6. The molecule has 33 saturated carbocycles. The lowest BCUT2D eigenvalue weighted by Crippen LogP contribution is -2.64. The summed E-state index contributed by atoms with van der Waals surface area (Å²) in [5, 5.41) is 0. The quantitative estimate of drug-likeness (QED) is 0.154. The highest BCUT2D eigenvalue weighted by Crippen LogP contribution is 3.14. The minimum absolute atomic E-state index is 0.202. The molecule has 81 heavy (non-hydrogen) atoms. The lowest BCUT2D eigenvalue weighted by atomic mass is 9.37. The smallest absolute Gasteiger partial charge is 0.305 e. The van der Waals surface area contributed by atoms with Crippen molar-refractivity contribution in [3.63, 3.8) is 0 Å². The fraction of sp³-hybridized carbons (Fsp3) is 0.911. The molecule has 34 rings (SSSR count). The van der Waals surface area contributed by atoms with Gasteiger partial charge >= 0.3 is 5.97 Å². The Hall–Kier alpha value is -1.31. The van der Waals surface area contributed by atoms with Crippen LogP contribution in [-0.4, -0.2) is 12.6 Å². The summed E-state index contributed by atoms with van der Waals surface area (Å²) in [7, 11) is 0. The number of hydrogen-bond acceptors (Lipinski definition) is 2. The Morgan fingerprint density at radius 2 is 0.556 bits per heavy atom. The average Bonchev–Trinajstić information content (AvgIpc) is 1.38. The minimum atomic E-state index is 0.202. The van der Waals surface area contributed by atoms with Crippen LogP contribution >= 0.6 is 0 Å². The first kappa shape index (κ1) is 39.6. The Kier molecular flexibility index (Phi) is 5.13. The predicted molar refractivity (Wildman–Crippen MR) is 294 cm³/mol. The van der Waals surface area contributed by atoms with Crippen LogP contribution in [0.4, 0.5) is 0 Å². The van der Waals surface area contributed by atoms with Crippen LogP contribution in [0, 0.1) is 354 Å². The van der Waals surface area contributed by atoms with Gasteiger partial charge < -0.3 is 4.74 Å². The highest BCUT2D eigenvalue weighted by Gasteiger charge is 3.12. The Labute approximate surface area is 479 Å². The lowest BCUT2D eigenvalue weighted by molar-refractivity contribution is -0.202. The zero-order valence-electron chi connectivity index (χ0n) is 47.8. The number of ether oxygens (including phenoxy) is 1. The van der Waals surface area contributed by atoms with Gasteiger partial charge in [-0.3, -0.25) is 4.79 Å². The SMILES string of the molecule is CCCCCCCCOC(=O)CCCC1(c2ccccc2)C23C4C5C6C7C8C9C%10C%11C%12C%13C%10C%10C8C8C%14C%10C%10C%13C%13C%15C%12C%12C%16C%11C%11C9C7C7C9C%11C%16C%11C%16C%12C%15C%12C%15C%13C%10C%10C%14C(C4C86)C4C%10C%15C6C%12C%16C8C%11C9C(C75)C2C8C6C413. The van der Waals surface area contributed by atoms with Gasteiger partial charge in [0.05, 0.1) is 6.61 Å². The largest absolute Gasteiger partial charge is 0.466 e. The Morgan fingerprint density at radius 1 is 0.309 bits per heavy atom. The molecule has 56 atom stereocenters. The minimum Gasteiger partial charge on any atom is -0.466 e. The average molecular weight is 1070 g/mol. The Balaban J connectivity index is 0.730. The molecule has 0 saturated heterocycles. The van der Waals surface area contributed by atoms with Crippen molar-refractivity contribution in [3.8, 4) is 0 Å². The molecule has 1 aromatic rings. The number of rotatable bonds is 12. The molecule has 0 amide bonds. The molecule has 1 aromatic carbocycles. The monoisotopic (exact) mass is 1070 g/mol. The molecule has 0 radical (unpaired) electrons. The van der Waals surface area contributed by atoms with Crippen LogP contribution in [0.1, 0.15) is 70.3 Å². The van der Waals surface area contributed by atoms with E-state index in [-0.39, 0.29) is 5.97 Å². The van der Waals surface area contributed by atoms with E-state index in [9.17, 15) is 4.79 Å². The second-order valence-corrected chi connectivity index (χ2v) is 41.1. The molecule has 33 fully saturated rings. The van der Waals surface area contributed by atoms with E-state index in [1.807, 2.05) is 5.56 Å². The predicted octanol–water partition coefficient (Wildman–Crippen LogP) is 12.1. The summed E-state index contributed by atoms with van der Waals surface area (Å²) >= 11 is 0. The maximum Gasteiger partial charge on any atom is 0.305 e. The third kappa shape index (κ3) is 2.65. The molecule has 33 aliphatic carbocycles. The standard InChI is InChI=1S/C79H86O2/c1-2-3-4-5-6-10-16-81-18(80)14-11-15-77(17-12-8-7-9-13-17)78-73-66-59-47-39-30-21-19-20-22-25(21)34-41(39)49-50-42(34)40-31(22)33-29-24(20)27-26-23(19)28-32(30)45(47)53-51-37(28)35(26)43-44-36(27)38(29)52-54-46(33)48(40)60-62(50)71(70(73)61(49)59)74-67(60)65(54)69-58(52)56(44)63-55(43)57(51)68(64(53)66)75(78)72(63)76(69)79(74,77)78/h7-9,12-13,19-76H,2-6,10-11,14-16H2,1H3. The third-order valence-corrected chi connectivity index (χ3v) is 45.6. The summed E-state index contributed by atoms with van der Waals surface area (Å²) in [5.41, 5.74) is 3.38. The van der Waals surface area contributed by atoms with E-state index >= 15 is 0 Å². The first-order valence-electron chi connectivity index (χ1n) is 38.5. The maximum atomic E-state index is 14.6. The number of hydrogen-bond donors (Lipinski definition) is 0. The Bertz CT molecular complexity index is 3050. The van der Waals surface area contributed by atoms with Crippen molar-refractivity contribution in [1.29, 1.82) is 0 Å². The number of esters is 1. The summed E-state index contributed by atoms with van der Waals surface area (Å²) in [6.45, 7) is 3.02. The van der Waals surface area contributed by atoms with Crippen LogP contribution in [0.2, 0.25) is 0 Å². The van der Waals surface area contributed by atoms with Crippen LogP contribution in [0.3, 0.4) is 0 Å². The second-order valence-electron chi connectivity index (χ2n) is 41.1. The topological polar surface area (TPSA) is 26.3 Å². The van der Waals surface area contributed by atoms with Gasteiger partial charge in [-0.25, -0.2) is 0 Å². The van der Waals surface area contributed by atoms with Crippen LogP contribution in [0.15, 0.2) is 30.3 Å². The molecule has 0 aromatic heterocycles. The van der Waals surface area contributed by atoms with Gasteiger partial charge in [-0.1, -0.05) is 69.4 Å². The van der Waals surface area contributed by atoms with Crippen molar-refractivity contribution < 1.29 is 9.53 Å². The molecule has 2 heteroatoms. The number of carbonyl (C=O) groups is 1. The fourth-order valence-corrected chi connectivity index (χ4v) is 51.6. The van der Waals surface area contributed by atoms with Gasteiger partial charge in [0.1, 0.15) is 0 Å². The van der Waals surface area contributed by atoms with Crippen molar-refractivity contribution in [1.82, 2.24) is 0 Å². The van der Waals surface area contributed by atoms with Gasteiger partial charge in [0.15, 0.2) is 0 Å². The fourth-order valence-electron chi connectivity index (χ4n) is 51.6. The Morgan fingerprint density at radius 3 is 0.877 bits per heavy atom. The number of unbranched alkanes of at least 4 members (excludes halogenated alkanes) is 5. The zero-order chi connectivity index (χ0) is 49.5. The normalized spacial score (nSPS) is 87.0. The summed E-state index contributed by atoms with van der Waals surface area (Å²) in [6.07, 6.45) is 10.9.